The first-order chi connectivity index (χ1) is 9.60. The number of rotatable bonds is 5. The molecule has 0 unspecified atom stereocenters. The molecule has 3 N–H and O–H groups in total. The molecule has 0 radical (unpaired) electrons. The molecule has 0 aliphatic carbocycles. The number of nitrogens with zero attached hydrogens (tertiary/aromatic N) is 1. The van der Waals surface area contributed by atoms with Crippen LogP contribution < -0.4 is 5.32 Å². The number of amides is 1. The number of carboxylic acids is 1. The lowest BCUT2D eigenvalue weighted by Crippen LogP contribution is -2.23. The zero-order valence-electron chi connectivity index (χ0n) is 11.0. The summed E-state index contributed by atoms with van der Waals surface area (Å²) in [7, 11) is 0. The van der Waals surface area contributed by atoms with Crippen LogP contribution in [0, 0.1) is 0 Å². The Hall–Kier alpha value is -2.63. The van der Waals surface area contributed by atoms with Crippen LogP contribution in [0.25, 0.3) is 0 Å². The molecule has 0 spiro atoms. The summed E-state index contributed by atoms with van der Waals surface area (Å²) >= 11 is 0. The van der Waals surface area contributed by atoms with E-state index in [-0.39, 0.29) is 11.5 Å². The van der Waals surface area contributed by atoms with Crippen molar-refractivity contribution in [2.75, 3.05) is 0 Å². The second-order valence-electron chi connectivity index (χ2n) is 4.32. The number of nitrogens with one attached hydrogen (secondary N) is 2. The molecule has 20 heavy (non-hydrogen) atoms. The molecule has 0 saturated carbocycles. The van der Waals surface area contributed by atoms with Gasteiger partial charge in [-0.2, -0.15) is 5.10 Å². The predicted octanol–water partition coefficient (Wildman–Crippen LogP) is 1.60. The highest BCUT2D eigenvalue weighted by atomic mass is 16.4. The van der Waals surface area contributed by atoms with Crippen molar-refractivity contribution in [2.45, 2.75) is 19.9 Å². The highest BCUT2D eigenvalue weighted by Crippen LogP contribution is 2.05. The predicted molar refractivity (Wildman–Crippen MR) is 72.5 cm³/mol. The van der Waals surface area contributed by atoms with Crippen LogP contribution in [0.3, 0.4) is 0 Å². The van der Waals surface area contributed by atoms with Crippen molar-refractivity contribution in [2.24, 2.45) is 0 Å². The normalized spacial score (nSPS) is 10.2. The second-order valence-corrected chi connectivity index (χ2v) is 4.32. The van der Waals surface area contributed by atoms with Crippen molar-refractivity contribution in [1.82, 2.24) is 15.5 Å². The molecular formula is C14H15N3O3. The van der Waals surface area contributed by atoms with Crippen molar-refractivity contribution < 1.29 is 14.7 Å². The van der Waals surface area contributed by atoms with Gasteiger partial charge in [-0.1, -0.05) is 19.1 Å². The zero-order chi connectivity index (χ0) is 14.5. The minimum Gasteiger partial charge on any atom is -0.478 e. The number of hydrogen-bond acceptors (Lipinski definition) is 3. The average Bonchev–Trinajstić information content (AvgIpc) is 2.94. The van der Waals surface area contributed by atoms with Crippen LogP contribution in [-0.2, 0) is 13.0 Å². The molecule has 2 aromatic rings. The van der Waals surface area contributed by atoms with Gasteiger partial charge >= 0.3 is 5.97 Å². The van der Waals surface area contributed by atoms with E-state index in [1.807, 2.05) is 6.92 Å². The quantitative estimate of drug-likeness (QED) is 0.771. The van der Waals surface area contributed by atoms with Gasteiger partial charge in [0.05, 0.1) is 5.56 Å². The van der Waals surface area contributed by atoms with E-state index in [0.29, 0.717) is 12.2 Å². The topological polar surface area (TPSA) is 95.1 Å². The molecule has 0 aliphatic rings. The van der Waals surface area contributed by atoms with E-state index in [0.717, 1.165) is 17.7 Å². The van der Waals surface area contributed by atoms with Gasteiger partial charge in [-0.05, 0) is 30.2 Å². The van der Waals surface area contributed by atoms with E-state index >= 15 is 0 Å². The molecule has 0 aliphatic heterocycles. The Morgan fingerprint density at radius 3 is 2.55 bits per heavy atom. The number of aromatic amines is 1. The summed E-state index contributed by atoms with van der Waals surface area (Å²) in [5.41, 5.74) is 2.31. The summed E-state index contributed by atoms with van der Waals surface area (Å²) in [6.45, 7) is 2.30. The minimum absolute atomic E-state index is 0.222. The maximum absolute atomic E-state index is 11.8. The van der Waals surface area contributed by atoms with Crippen LogP contribution in [0.5, 0.6) is 0 Å². The highest BCUT2D eigenvalue weighted by Gasteiger charge is 2.09. The van der Waals surface area contributed by atoms with Gasteiger partial charge in [-0.25, -0.2) is 4.79 Å². The maximum Gasteiger partial charge on any atom is 0.335 e. The van der Waals surface area contributed by atoms with E-state index in [9.17, 15) is 9.59 Å². The smallest absolute Gasteiger partial charge is 0.335 e. The number of hydrogen-bond donors (Lipinski definition) is 3. The van der Waals surface area contributed by atoms with Gasteiger partial charge in [0.25, 0.3) is 5.91 Å². The fraction of sp³-hybridized carbons (Fsp3) is 0.214. The maximum atomic E-state index is 11.8. The lowest BCUT2D eigenvalue weighted by molar-refractivity contribution is 0.0696. The van der Waals surface area contributed by atoms with Crippen molar-refractivity contribution in [3.63, 3.8) is 0 Å². The fourth-order valence-corrected chi connectivity index (χ4v) is 1.70. The number of aryl methyl sites for hydroxylation is 1. The van der Waals surface area contributed by atoms with Crippen LogP contribution in [0.2, 0.25) is 0 Å². The van der Waals surface area contributed by atoms with Crippen LogP contribution >= 0.6 is 0 Å². The summed E-state index contributed by atoms with van der Waals surface area (Å²) in [6, 6.07) is 8.07. The number of benzene rings is 1. The second kappa shape index (κ2) is 6.01. The van der Waals surface area contributed by atoms with Crippen LogP contribution in [0.15, 0.2) is 30.3 Å². The Morgan fingerprint density at radius 1 is 1.30 bits per heavy atom. The van der Waals surface area contributed by atoms with Crippen LogP contribution in [-0.4, -0.2) is 27.2 Å². The summed E-state index contributed by atoms with van der Waals surface area (Å²) in [4.78, 5) is 22.5. The molecule has 6 nitrogen and oxygen atoms in total. The molecule has 0 fully saturated rings. The average molecular weight is 273 g/mol. The highest BCUT2D eigenvalue weighted by molar-refractivity contribution is 5.92. The largest absolute Gasteiger partial charge is 0.478 e. The van der Waals surface area contributed by atoms with E-state index in [2.05, 4.69) is 15.5 Å². The minimum atomic E-state index is -0.968. The molecule has 1 aromatic heterocycles. The van der Waals surface area contributed by atoms with E-state index in [4.69, 9.17) is 5.11 Å². The van der Waals surface area contributed by atoms with Crippen molar-refractivity contribution in [3.8, 4) is 0 Å². The molecule has 0 bridgehead atoms. The van der Waals surface area contributed by atoms with Gasteiger partial charge in [0.2, 0.25) is 0 Å². The van der Waals surface area contributed by atoms with Gasteiger partial charge in [0.15, 0.2) is 0 Å². The third-order valence-corrected chi connectivity index (χ3v) is 2.90. The number of carbonyl (C=O) groups is 2. The third kappa shape index (κ3) is 3.23. The summed E-state index contributed by atoms with van der Waals surface area (Å²) in [6.07, 6.45) is 0.789. The Kier molecular flexibility index (Phi) is 4.14. The number of carboxylic acid groups (broad SMARTS) is 1. The van der Waals surface area contributed by atoms with Crippen molar-refractivity contribution in [3.05, 3.63) is 52.8 Å². The summed E-state index contributed by atoms with van der Waals surface area (Å²) in [5, 5.41) is 18.2. The van der Waals surface area contributed by atoms with Gasteiger partial charge in [-0.3, -0.25) is 9.89 Å². The monoisotopic (exact) mass is 273 g/mol. The molecule has 0 saturated heterocycles. The lowest BCUT2D eigenvalue weighted by atomic mass is 10.1. The molecule has 1 heterocycles. The molecule has 1 amide bonds. The molecule has 104 valence electrons. The molecule has 2 rings (SSSR count). The standard InChI is InChI=1S/C14H15N3O3/c1-2-11-7-12(17-16-11)13(18)15-8-9-3-5-10(6-4-9)14(19)20/h3-7H,2,8H2,1H3,(H,15,18)(H,16,17)(H,19,20). The molecule has 0 atom stereocenters. The zero-order valence-corrected chi connectivity index (χ0v) is 11.0. The molecule has 6 heteroatoms. The Labute approximate surface area is 115 Å². The Bertz CT molecular complexity index is 617. The molecule has 1 aromatic carbocycles. The van der Waals surface area contributed by atoms with Crippen LogP contribution in [0.1, 0.15) is 39.0 Å². The van der Waals surface area contributed by atoms with E-state index in [1.165, 1.54) is 12.1 Å². The van der Waals surface area contributed by atoms with Gasteiger partial charge in [0, 0.05) is 12.2 Å². The van der Waals surface area contributed by atoms with Gasteiger partial charge in [-0.15, -0.1) is 0 Å². The van der Waals surface area contributed by atoms with Crippen molar-refractivity contribution >= 4 is 11.9 Å². The lowest BCUT2D eigenvalue weighted by Gasteiger charge is -2.03. The first-order valence-corrected chi connectivity index (χ1v) is 6.25. The summed E-state index contributed by atoms with van der Waals surface area (Å²) in [5.74, 6) is -1.23. The number of carbonyl (C=O) groups excluding carboxylic acids is 1. The SMILES string of the molecule is CCc1cc(C(=O)NCc2ccc(C(=O)O)cc2)n[nH]1. The number of aromatic carboxylic acids is 1. The van der Waals surface area contributed by atoms with Gasteiger partial charge < -0.3 is 10.4 Å². The van der Waals surface area contributed by atoms with Crippen molar-refractivity contribution in [1.29, 1.82) is 0 Å². The number of aromatic nitrogens is 2. The molecular weight excluding hydrogens is 258 g/mol. The fourth-order valence-electron chi connectivity index (χ4n) is 1.70. The van der Waals surface area contributed by atoms with Gasteiger partial charge in [0.1, 0.15) is 5.69 Å². The number of H-pyrrole nitrogens is 1. The first kappa shape index (κ1) is 13.8. The van der Waals surface area contributed by atoms with E-state index in [1.54, 1.807) is 18.2 Å². The van der Waals surface area contributed by atoms with Crippen LogP contribution in [0.4, 0.5) is 0 Å². The Morgan fingerprint density at radius 2 is 2.00 bits per heavy atom. The first-order valence-electron chi connectivity index (χ1n) is 6.25. The summed E-state index contributed by atoms with van der Waals surface area (Å²) < 4.78 is 0. The third-order valence-electron chi connectivity index (χ3n) is 2.90. The van der Waals surface area contributed by atoms with E-state index < -0.39 is 5.97 Å². The Balaban J connectivity index is 1.94.